The van der Waals surface area contributed by atoms with Crippen LogP contribution < -0.4 is 0 Å². The van der Waals surface area contributed by atoms with Crippen LogP contribution in [0.1, 0.15) is 27.0 Å². The normalized spacial score (nSPS) is 10.3. The molecule has 1 nitrogen and oxygen atoms in total. The minimum absolute atomic E-state index is 0.749. The molecule has 0 saturated heterocycles. The number of carbonyl (C=O) groups is 1. The molecule has 0 aromatic heterocycles. The molecule has 0 radical (unpaired) electrons. The van der Waals surface area contributed by atoms with E-state index >= 15 is 0 Å². The molecule has 0 unspecified atom stereocenters. The van der Waals surface area contributed by atoms with E-state index in [4.69, 9.17) is 0 Å². The summed E-state index contributed by atoms with van der Waals surface area (Å²) in [5.41, 5.74) is 6.67. The van der Waals surface area contributed by atoms with Gasteiger partial charge in [0.2, 0.25) is 0 Å². The zero-order valence-corrected chi connectivity index (χ0v) is 10.4. The van der Waals surface area contributed by atoms with E-state index in [9.17, 15) is 4.79 Å². The van der Waals surface area contributed by atoms with Crippen molar-refractivity contribution in [2.45, 2.75) is 20.8 Å². The van der Waals surface area contributed by atoms with Gasteiger partial charge < -0.3 is 0 Å². The molecule has 0 fully saturated rings. The molecule has 0 heterocycles. The lowest BCUT2D eigenvalue weighted by Crippen LogP contribution is -1.92. The van der Waals surface area contributed by atoms with Gasteiger partial charge in [-0.15, -0.1) is 0 Å². The van der Waals surface area contributed by atoms with Crippen molar-refractivity contribution in [3.05, 3.63) is 58.7 Å². The fourth-order valence-electron chi connectivity index (χ4n) is 2.10. The zero-order chi connectivity index (χ0) is 12.4. The molecule has 0 aliphatic rings. The van der Waals surface area contributed by atoms with Crippen molar-refractivity contribution in [3.8, 4) is 11.1 Å². The molecule has 0 aliphatic heterocycles. The number of rotatable bonds is 2. The number of hydrogen-bond acceptors (Lipinski definition) is 1. The van der Waals surface area contributed by atoms with Crippen LogP contribution in [0.15, 0.2) is 36.4 Å². The number of benzene rings is 2. The first kappa shape index (κ1) is 11.6. The molecule has 0 atom stereocenters. The van der Waals surface area contributed by atoms with Gasteiger partial charge in [0.25, 0.3) is 0 Å². The van der Waals surface area contributed by atoms with Gasteiger partial charge in [-0.05, 0) is 48.6 Å². The molecule has 2 aromatic carbocycles. The topological polar surface area (TPSA) is 17.1 Å². The van der Waals surface area contributed by atoms with Crippen LogP contribution in [0.3, 0.4) is 0 Å². The SMILES string of the molecule is Cc1cc(C)c(-c2ccccc2C=O)cc1C. The average Bonchev–Trinajstić information content (AvgIpc) is 2.34. The molecular formula is C16H16O. The maximum Gasteiger partial charge on any atom is 0.150 e. The molecular weight excluding hydrogens is 208 g/mol. The zero-order valence-electron chi connectivity index (χ0n) is 10.4. The van der Waals surface area contributed by atoms with Gasteiger partial charge in [-0.25, -0.2) is 0 Å². The Labute approximate surface area is 102 Å². The Kier molecular flexibility index (Phi) is 3.10. The van der Waals surface area contributed by atoms with E-state index < -0.39 is 0 Å². The Morgan fingerprint density at radius 1 is 0.824 bits per heavy atom. The van der Waals surface area contributed by atoms with Gasteiger partial charge in [-0.2, -0.15) is 0 Å². The summed E-state index contributed by atoms with van der Waals surface area (Å²) in [7, 11) is 0. The second kappa shape index (κ2) is 4.54. The lowest BCUT2D eigenvalue weighted by molar-refractivity contribution is 0.112. The maximum absolute atomic E-state index is 11.1. The first-order valence-corrected chi connectivity index (χ1v) is 5.76. The van der Waals surface area contributed by atoms with E-state index in [1.807, 2.05) is 24.3 Å². The minimum Gasteiger partial charge on any atom is -0.298 e. The van der Waals surface area contributed by atoms with Crippen LogP contribution in [0.25, 0.3) is 11.1 Å². The highest BCUT2D eigenvalue weighted by Gasteiger charge is 2.08. The van der Waals surface area contributed by atoms with E-state index in [1.165, 1.54) is 16.7 Å². The van der Waals surface area contributed by atoms with Gasteiger partial charge in [-0.3, -0.25) is 4.79 Å². The van der Waals surface area contributed by atoms with Crippen LogP contribution in [-0.2, 0) is 0 Å². The summed E-state index contributed by atoms with van der Waals surface area (Å²) < 4.78 is 0. The second-order valence-electron chi connectivity index (χ2n) is 4.46. The Balaban J connectivity index is 2.68. The maximum atomic E-state index is 11.1. The molecule has 2 aromatic rings. The molecule has 86 valence electrons. The van der Waals surface area contributed by atoms with Crippen LogP contribution >= 0.6 is 0 Å². The largest absolute Gasteiger partial charge is 0.298 e. The number of hydrogen-bond donors (Lipinski definition) is 0. The summed E-state index contributed by atoms with van der Waals surface area (Å²) in [4.78, 5) is 11.1. The van der Waals surface area contributed by atoms with Gasteiger partial charge >= 0.3 is 0 Å². The van der Waals surface area contributed by atoms with Gasteiger partial charge in [0.15, 0.2) is 6.29 Å². The van der Waals surface area contributed by atoms with Crippen molar-refractivity contribution in [2.24, 2.45) is 0 Å². The first-order chi connectivity index (χ1) is 8.13. The third-order valence-electron chi connectivity index (χ3n) is 3.22. The number of aldehydes is 1. The monoisotopic (exact) mass is 224 g/mol. The molecule has 0 N–H and O–H groups in total. The fraction of sp³-hybridized carbons (Fsp3) is 0.188. The van der Waals surface area contributed by atoms with Gasteiger partial charge in [-0.1, -0.05) is 36.4 Å². The lowest BCUT2D eigenvalue weighted by Gasteiger charge is -2.11. The summed E-state index contributed by atoms with van der Waals surface area (Å²) in [6.07, 6.45) is 0.921. The fourth-order valence-corrected chi connectivity index (χ4v) is 2.10. The Hall–Kier alpha value is -1.89. The summed E-state index contributed by atoms with van der Waals surface area (Å²) >= 11 is 0. The Morgan fingerprint density at radius 2 is 1.47 bits per heavy atom. The van der Waals surface area contributed by atoms with E-state index in [2.05, 4.69) is 32.9 Å². The van der Waals surface area contributed by atoms with Crippen LogP contribution in [0.2, 0.25) is 0 Å². The standard InChI is InChI=1S/C16H16O/c1-11-8-13(3)16(9-12(11)2)15-7-5-4-6-14(15)10-17/h4-10H,1-3H3. The first-order valence-electron chi connectivity index (χ1n) is 5.76. The molecule has 1 heteroatoms. The van der Waals surface area contributed by atoms with Gasteiger partial charge in [0, 0.05) is 5.56 Å². The quantitative estimate of drug-likeness (QED) is 0.702. The number of carbonyl (C=O) groups excluding carboxylic acids is 1. The van der Waals surface area contributed by atoms with Gasteiger partial charge in [0.05, 0.1) is 0 Å². The molecule has 17 heavy (non-hydrogen) atoms. The molecule has 0 aliphatic carbocycles. The van der Waals surface area contributed by atoms with Crippen molar-refractivity contribution in [1.29, 1.82) is 0 Å². The Morgan fingerprint density at radius 3 is 2.18 bits per heavy atom. The van der Waals surface area contributed by atoms with Crippen molar-refractivity contribution < 1.29 is 4.79 Å². The van der Waals surface area contributed by atoms with Gasteiger partial charge in [0.1, 0.15) is 0 Å². The Bertz CT molecular complexity index is 568. The predicted molar refractivity (Wildman–Crippen MR) is 71.5 cm³/mol. The lowest BCUT2D eigenvalue weighted by atomic mass is 9.93. The summed E-state index contributed by atoms with van der Waals surface area (Å²) in [6, 6.07) is 12.1. The van der Waals surface area contributed by atoms with Crippen molar-refractivity contribution in [3.63, 3.8) is 0 Å². The van der Waals surface area contributed by atoms with E-state index in [1.54, 1.807) is 0 Å². The van der Waals surface area contributed by atoms with E-state index in [-0.39, 0.29) is 0 Å². The molecule has 0 spiro atoms. The third-order valence-corrected chi connectivity index (χ3v) is 3.22. The van der Waals surface area contributed by atoms with Crippen LogP contribution in [-0.4, -0.2) is 6.29 Å². The summed E-state index contributed by atoms with van der Waals surface area (Å²) in [5.74, 6) is 0. The second-order valence-corrected chi connectivity index (χ2v) is 4.46. The van der Waals surface area contributed by atoms with E-state index in [0.717, 1.165) is 23.0 Å². The summed E-state index contributed by atoms with van der Waals surface area (Å²) in [6.45, 7) is 6.29. The molecule has 0 amide bonds. The van der Waals surface area contributed by atoms with Crippen molar-refractivity contribution in [2.75, 3.05) is 0 Å². The summed E-state index contributed by atoms with van der Waals surface area (Å²) in [5, 5.41) is 0. The third kappa shape index (κ3) is 2.14. The molecule has 0 saturated carbocycles. The van der Waals surface area contributed by atoms with E-state index in [0.29, 0.717) is 0 Å². The van der Waals surface area contributed by atoms with Crippen LogP contribution in [0, 0.1) is 20.8 Å². The van der Waals surface area contributed by atoms with Crippen LogP contribution in [0.4, 0.5) is 0 Å². The average molecular weight is 224 g/mol. The minimum atomic E-state index is 0.749. The highest BCUT2D eigenvalue weighted by Crippen LogP contribution is 2.28. The van der Waals surface area contributed by atoms with Crippen molar-refractivity contribution >= 4 is 6.29 Å². The molecule has 0 bridgehead atoms. The smallest absolute Gasteiger partial charge is 0.150 e. The molecule has 2 rings (SSSR count). The van der Waals surface area contributed by atoms with Crippen molar-refractivity contribution in [1.82, 2.24) is 0 Å². The highest BCUT2D eigenvalue weighted by atomic mass is 16.1. The van der Waals surface area contributed by atoms with Crippen LogP contribution in [0.5, 0.6) is 0 Å². The predicted octanol–water partition coefficient (Wildman–Crippen LogP) is 4.09. The number of aryl methyl sites for hydroxylation is 3. The highest BCUT2D eigenvalue weighted by molar-refractivity contribution is 5.88.